The SMILES string of the molecule is CCN(CC)S(=O)(=O)c1ccc(N(C)C)c(NC(=O)/C=C/c2cc(C)ccc2OC)c1. The Labute approximate surface area is 185 Å². The van der Waals surface area contributed by atoms with Crippen LogP contribution in [0.5, 0.6) is 5.75 Å². The second-order valence-corrected chi connectivity index (χ2v) is 9.17. The molecular formula is C23H31N3O4S. The van der Waals surface area contributed by atoms with E-state index in [0.717, 1.165) is 11.1 Å². The molecule has 0 aliphatic heterocycles. The Hall–Kier alpha value is -2.84. The van der Waals surface area contributed by atoms with Crippen molar-refractivity contribution in [3.63, 3.8) is 0 Å². The molecule has 0 aliphatic rings. The number of methoxy groups -OCH3 is 1. The predicted octanol–water partition coefficient (Wildman–Crippen LogP) is 3.75. The van der Waals surface area contributed by atoms with Crippen molar-refractivity contribution in [1.29, 1.82) is 0 Å². The van der Waals surface area contributed by atoms with Crippen LogP contribution in [-0.4, -0.2) is 52.9 Å². The molecule has 2 aromatic carbocycles. The summed E-state index contributed by atoms with van der Waals surface area (Å²) in [6, 6.07) is 10.5. The number of carbonyl (C=O) groups excluding carboxylic acids is 1. The first-order valence-corrected chi connectivity index (χ1v) is 11.5. The number of sulfonamides is 1. The number of hydrogen-bond acceptors (Lipinski definition) is 5. The summed E-state index contributed by atoms with van der Waals surface area (Å²) in [6.45, 7) is 6.29. The van der Waals surface area contributed by atoms with Crippen molar-refractivity contribution in [3.05, 3.63) is 53.6 Å². The molecule has 0 bridgehead atoms. The molecule has 31 heavy (non-hydrogen) atoms. The molecule has 0 radical (unpaired) electrons. The molecule has 0 aromatic heterocycles. The number of ether oxygens (including phenoxy) is 1. The van der Waals surface area contributed by atoms with Crippen LogP contribution < -0.4 is 15.0 Å². The first-order chi connectivity index (χ1) is 14.6. The van der Waals surface area contributed by atoms with Gasteiger partial charge in [-0.15, -0.1) is 0 Å². The third-order valence-corrected chi connectivity index (χ3v) is 6.90. The molecule has 1 N–H and O–H groups in total. The van der Waals surface area contributed by atoms with Crippen LogP contribution in [0.25, 0.3) is 6.08 Å². The van der Waals surface area contributed by atoms with Crippen LogP contribution in [-0.2, 0) is 14.8 Å². The molecule has 0 saturated heterocycles. The van der Waals surface area contributed by atoms with Gasteiger partial charge in [-0.25, -0.2) is 8.42 Å². The highest BCUT2D eigenvalue weighted by Gasteiger charge is 2.23. The van der Waals surface area contributed by atoms with Crippen LogP contribution in [0.1, 0.15) is 25.0 Å². The lowest BCUT2D eigenvalue weighted by molar-refractivity contribution is -0.111. The summed E-state index contributed by atoms with van der Waals surface area (Å²) < 4.78 is 32.5. The number of anilines is 2. The maximum atomic E-state index is 12.9. The second-order valence-electron chi connectivity index (χ2n) is 7.23. The van der Waals surface area contributed by atoms with Crippen molar-refractivity contribution in [1.82, 2.24) is 4.31 Å². The second kappa shape index (κ2) is 10.5. The normalized spacial score (nSPS) is 11.7. The highest BCUT2D eigenvalue weighted by Crippen LogP contribution is 2.29. The van der Waals surface area contributed by atoms with Gasteiger partial charge in [0.15, 0.2) is 0 Å². The Kier molecular flexibility index (Phi) is 8.24. The van der Waals surface area contributed by atoms with Gasteiger partial charge < -0.3 is 15.0 Å². The van der Waals surface area contributed by atoms with Crippen LogP contribution >= 0.6 is 0 Å². The molecule has 7 nitrogen and oxygen atoms in total. The third kappa shape index (κ3) is 5.86. The van der Waals surface area contributed by atoms with Crippen molar-refractivity contribution >= 4 is 33.4 Å². The number of carbonyl (C=O) groups is 1. The summed E-state index contributed by atoms with van der Waals surface area (Å²) >= 11 is 0. The number of aryl methyl sites for hydroxylation is 1. The van der Waals surface area contributed by atoms with Gasteiger partial charge in [0, 0.05) is 38.8 Å². The van der Waals surface area contributed by atoms with Gasteiger partial charge in [-0.1, -0.05) is 25.5 Å². The summed E-state index contributed by atoms with van der Waals surface area (Å²) in [7, 11) is 1.60. The van der Waals surface area contributed by atoms with E-state index in [2.05, 4.69) is 5.32 Å². The number of nitrogens with zero attached hydrogens (tertiary/aromatic N) is 2. The van der Waals surface area contributed by atoms with Gasteiger partial charge in [0.2, 0.25) is 15.9 Å². The van der Waals surface area contributed by atoms with E-state index in [0.29, 0.717) is 30.2 Å². The monoisotopic (exact) mass is 445 g/mol. The van der Waals surface area contributed by atoms with Crippen LogP contribution in [0.2, 0.25) is 0 Å². The average molecular weight is 446 g/mol. The topological polar surface area (TPSA) is 79.0 Å². The summed E-state index contributed by atoms with van der Waals surface area (Å²) in [4.78, 5) is 14.6. The minimum Gasteiger partial charge on any atom is -0.496 e. The Bertz CT molecular complexity index is 1060. The minimum atomic E-state index is -3.64. The molecular weight excluding hydrogens is 414 g/mol. The van der Waals surface area contributed by atoms with Crippen LogP contribution in [0.3, 0.4) is 0 Å². The zero-order chi connectivity index (χ0) is 23.2. The number of rotatable bonds is 9. The number of hydrogen-bond donors (Lipinski definition) is 1. The summed E-state index contributed by atoms with van der Waals surface area (Å²) in [5.41, 5.74) is 2.95. The largest absolute Gasteiger partial charge is 0.496 e. The Morgan fingerprint density at radius 3 is 2.35 bits per heavy atom. The van der Waals surface area contributed by atoms with Gasteiger partial charge in [0.05, 0.1) is 23.4 Å². The first kappa shape index (κ1) is 24.4. The van der Waals surface area contributed by atoms with Crippen LogP contribution in [0.15, 0.2) is 47.4 Å². The van der Waals surface area contributed by atoms with Crippen LogP contribution in [0.4, 0.5) is 11.4 Å². The lowest BCUT2D eigenvalue weighted by Gasteiger charge is -2.22. The molecule has 1 amide bonds. The maximum Gasteiger partial charge on any atom is 0.248 e. The molecule has 8 heteroatoms. The summed E-state index contributed by atoms with van der Waals surface area (Å²) in [6.07, 6.45) is 3.08. The van der Waals surface area contributed by atoms with Crippen LogP contribution in [0, 0.1) is 6.92 Å². The van der Waals surface area contributed by atoms with E-state index in [4.69, 9.17) is 4.74 Å². The van der Waals surface area contributed by atoms with Crippen molar-refractivity contribution < 1.29 is 17.9 Å². The van der Waals surface area contributed by atoms with Crippen molar-refractivity contribution in [3.8, 4) is 5.75 Å². The fourth-order valence-corrected chi connectivity index (χ4v) is 4.69. The van der Waals surface area contributed by atoms with E-state index in [1.165, 1.54) is 16.4 Å². The van der Waals surface area contributed by atoms with E-state index in [9.17, 15) is 13.2 Å². The van der Waals surface area contributed by atoms with E-state index in [1.807, 2.05) is 44.1 Å². The molecule has 0 atom stereocenters. The average Bonchev–Trinajstić information content (AvgIpc) is 2.72. The number of nitrogens with one attached hydrogen (secondary N) is 1. The van der Waals surface area contributed by atoms with Gasteiger partial charge in [0.25, 0.3) is 0 Å². The van der Waals surface area contributed by atoms with Gasteiger partial charge in [-0.3, -0.25) is 4.79 Å². The fraction of sp³-hybridized carbons (Fsp3) is 0.348. The van der Waals surface area contributed by atoms with Gasteiger partial charge in [0.1, 0.15) is 5.75 Å². The standard InChI is InChI=1S/C23H31N3O4S/c1-7-26(8-2)31(28,29)19-11-12-21(25(4)5)20(16-19)24-23(27)14-10-18-15-17(3)9-13-22(18)30-6/h9-16H,7-8H2,1-6H3,(H,24,27)/b14-10+. The maximum absolute atomic E-state index is 12.9. The van der Waals surface area contributed by atoms with Gasteiger partial charge >= 0.3 is 0 Å². The van der Waals surface area contributed by atoms with E-state index >= 15 is 0 Å². The number of benzene rings is 2. The summed E-state index contributed by atoms with van der Waals surface area (Å²) in [5, 5.41) is 2.81. The predicted molar refractivity (Wildman–Crippen MR) is 126 cm³/mol. The van der Waals surface area contributed by atoms with E-state index in [1.54, 1.807) is 39.2 Å². The third-order valence-electron chi connectivity index (χ3n) is 4.85. The Morgan fingerprint density at radius 2 is 1.77 bits per heavy atom. The minimum absolute atomic E-state index is 0.140. The molecule has 2 aromatic rings. The van der Waals surface area contributed by atoms with Crippen molar-refractivity contribution in [2.75, 3.05) is 44.5 Å². The van der Waals surface area contributed by atoms with Crippen molar-refractivity contribution in [2.45, 2.75) is 25.7 Å². The zero-order valence-corrected chi connectivity index (χ0v) is 19.8. The Morgan fingerprint density at radius 1 is 1.10 bits per heavy atom. The smallest absolute Gasteiger partial charge is 0.248 e. The number of amides is 1. The molecule has 2 rings (SSSR count). The van der Waals surface area contributed by atoms with Gasteiger partial charge in [-0.2, -0.15) is 4.31 Å². The van der Waals surface area contributed by atoms with Gasteiger partial charge in [-0.05, 0) is 43.3 Å². The molecule has 0 unspecified atom stereocenters. The molecule has 0 aliphatic carbocycles. The molecule has 0 heterocycles. The first-order valence-electron chi connectivity index (χ1n) is 10.1. The molecule has 0 fully saturated rings. The van der Waals surface area contributed by atoms with E-state index in [-0.39, 0.29) is 10.8 Å². The Balaban J connectivity index is 2.37. The molecule has 0 spiro atoms. The summed E-state index contributed by atoms with van der Waals surface area (Å²) in [5.74, 6) is 0.292. The fourth-order valence-electron chi connectivity index (χ4n) is 3.20. The molecule has 168 valence electrons. The quantitative estimate of drug-likeness (QED) is 0.595. The lowest BCUT2D eigenvalue weighted by Crippen LogP contribution is -2.30. The molecule has 0 saturated carbocycles. The van der Waals surface area contributed by atoms with E-state index < -0.39 is 10.0 Å². The highest BCUT2D eigenvalue weighted by atomic mass is 32.2. The highest BCUT2D eigenvalue weighted by molar-refractivity contribution is 7.89. The lowest BCUT2D eigenvalue weighted by atomic mass is 10.1. The van der Waals surface area contributed by atoms with Crippen molar-refractivity contribution in [2.24, 2.45) is 0 Å². The zero-order valence-electron chi connectivity index (χ0n) is 19.0.